The first-order valence-corrected chi connectivity index (χ1v) is 11.0. The van der Waals surface area contributed by atoms with Gasteiger partial charge in [-0.15, -0.1) is 0 Å². The molecule has 160 valence electrons. The maximum atomic E-state index is 12.5. The van der Waals surface area contributed by atoms with Crippen molar-refractivity contribution in [3.8, 4) is 11.1 Å². The highest BCUT2D eigenvalue weighted by Gasteiger charge is 2.32. The quantitative estimate of drug-likeness (QED) is 0.592. The molecule has 0 spiro atoms. The number of hydrogen-bond acceptors (Lipinski definition) is 5. The second kappa shape index (κ2) is 8.27. The van der Waals surface area contributed by atoms with Crippen molar-refractivity contribution in [1.29, 1.82) is 0 Å². The summed E-state index contributed by atoms with van der Waals surface area (Å²) in [6.07, 6.45) is 4.56. The fourth-order valence-corrected chi connectivity index (χ4v) is 4.01. The third-order valence-electron chi connectivity index (χ3n) is 5.91. The molecular weight excluding hydrogens is 388 g/mol. The highest BCUT2D eigenvalue weighted by Crippen LogP contribution is 2.32. The first-order valence-electron chi connectivity index (χ1n) is 11.0. The van der Waals surface area contributed by atoms with E-state index in [1.54, 1.807) is 7.11 Å². The third kappa shape index (κ3) is 4.54. The lowest BCUT2D eigenvalue weighted by molar-refractivity contribution is -0.136. The Hall–Kier alpha value is -2.99. The van der Waals surface area contributed by atoms with E-state index in [1.807, 2.05) is 11.8 Å². The average molecular weight is 417 g/mol. The Labute approximate surface area is 182 Å². The van der Waals surface area contributed by atoms with E-state index in [0.717, 1.165) is 52.1 Å². The zero-order valence-corrected chi connectivity index (χ0v) is 18.1. The molecule has 0 radical (unpaired) electrons. The molecule has 0 atom stereocenters. The van der Waals surface area contributed by atoms with Crippen LogP contribution in [-0.4, -0.2) is 46.6 Å². The Kier molecular flexibility index (Phi) is 5.32. The van der Waals surface area contributed by atoms with Crippen molar-refractivity contribution in [3.63, 3.8) is 0 Å². The van der Waals surface area contributed by atoms with E-state index in [0.29, 0.717) is 18.6 Å². The summed E-state index contributed by atoms with van der Waals surface area (Å²) in [5, 5.41) is 4.60. The van der Waals surface area contributed by atoms with E-state index in [4.69, 9.17) is 4.74 Å². The minimum atomic E-state index is 0.0596. The molecule has 2 fully saturated rings. The van der Waals surface area contributed by atoms with Crippen molar-refractivity contribution in [1.82, 2.24) is 14.9 Å². The number of fused-ring (bicyclic) bond motifs is 1. The van der Waals surface area contributed by atoms with Gasteiger partial charge < -0.3 is 15.0 Å². The molecule has 0 bridgehead atoms. The smallest absolute Gasteiger partial charge is 0.249 e. The molecule has 1 N–H and O–H groups in total. The maximum absolute atomic E-state index is 12.5. The van der Waals surface area contributed by atoms with Gasteiger partial charge in [0.2, 0.25) is 5.91 Å². The number of rotatable bonds is 8. The number of carbonyl (C=O) groups excluding carboxylic acids is 1. The van der Waals surface area contributed by atoms with Crippen molar-refractivity contribution < 1.29 is 9.53 Å². The van der Waals surface area contributed by atoms with Gasteiger partial charge in [-0.2, -0.15) is 0 Å². The van der Waals surface area contributed by atoms with Crippen molar-refractivity contribution in [2.75, 3.05) is 19.0 Å². The molecule has 3 aromatic rings. The summed E-state index contributed by atoms with van der Waals surface area (Å²) in [6, 6.07) is 15.7. The zero-order chi connectivity index (χ0) is 21.4. The predicted molar refractivity (Wildman–Crippen MR) is 122 cm³/mol. The number of anilines is 1. The molecule has 2 aliphatic carbocycles. The monoisotopic (exact) mass is 416 g/mol. The van der Waals surface area contributed by atoms with Crippen LogP contribution in [0.2, 0.25) is 0 Å². The fraction of sp³-hybridized carbons (Fsp3) is 0.400. The second-order valence-corrected chi connectivity index (χ2v) is 8.66. The van der Waals surface area contributed by atoms with Crippen LogP contribution in [0.5, 0.6) is 0 Å². The van der Waals surface area contributed by atoms with Gasteiger partial charge in [-0.05, 0) is 67.5 Å². The van der Waals surface area contributed by atoms with Crippen LogP contribution in [0.3, 0.4) is 0 Å². The minimum absolute atomic E-state index is 0.0596. The third-order valence-corrected chi connectivity index (χ3v) is 5.91. The van der Waals surface area contributed by atoms with Crippen LogP contribution in [0.1, 0.15) is 37.1 Å². The van der Waals surface area contributed by atoms with E-state index in [1.165, 1.54) is 12.8 Å². The van der Waals surface area contributed by atoms with E-state index in [2.05, 4.69) is 57.7 Å². The Morgan fingerprint density at radius 2 is 1.90 bits per heavy atom. The van der Waals surface area contributed by atoms with Gasteiger partial charge in [-0.3, -0.25) is 4.79 Å². The lowest BCUT2D eigenvalue weighted by Crippen LogP contribution is -2.35. The molecule has 0 saturated heterocycles. The van der Waals surface area contributed by atoms with Crippen LogP contribution in [0.4, 0.5) is 5.82 Å². The molecule has 6 heteroatoms. The number of hydrogen-bond donors (Lipinski definition) is 1. The Bertz CT molecular complexity index is 1120. The van der Waals surface area contributed by atoms with Crippen LogP contribution in [0, 0.1) is 6.92 Å². The van der Waals surface area contributed by atoms with Crippen LogP contribution in [0.25, 0.3) is 22.0 Å². The number of benzene rings is 2. The van der Waals surface area contributed by atoms with Gasteiger partial charge >= 0.3 is 0 Å². The fourth-order valence-electron chi connectivity index (χ4n) is 4.01. The molecule has 6 nitrogen and oxygen atoms in total. The molecule has 2 saturated carbocycles. The normalized spacial score (nSPS) is 15.8. The highest BCUT2D eigenvalue weighted by atomic mass is 16.5. The van der Waals surface area contributed by atoms with Crippen LogP contribution >= 0.6 is 0 Å². The molecule has 1 amide bonds. The molecule has 2 aromatic carbocycles. The van der Waals surface area contributed by atoms with Crippen LogP contribution in [-0.2, 0) is 16.1 Å². The van der Waals surface area contributed by atoms with E-state index >= 15 is 0 Å². The van der Waals surface area contributed by atoms with Gasteiger partial charge in [0.05, 0.1) is 5.52 Å². The van der Waals surface area contributed by atoms with Crippen LogP contribution < -0.4 is 5.32 Å². The van der Waals surface area contributed by atoms with Gasteiger partial charge in [0.15, 0.2) is 0 Å². The summed E-state index contributed by atoms with van der Waals surface area (Å²) in [4.78, 5) is 23.7. The number of amides is 1. The first kappa shape index (κ1) is 19.9. The van der Waals surface area contributed by atoms with E-state index in [9.17, 15) is 4.79 Å². The molecule has 1 aromatic heterocycles. The SMILES string of the molecule is COCC(=O)N(Cc1cccc(-c2ccc3nc(C)nc(NC4CC4)c3c2)c1)C1CC1. The largest absolute Gasteiger partial charge is 0.375 e. The summed E-state index contributed by atoms with van der Waals surface area (Å²) >= 11 is 0. The maximum Gasteiger partial charge on any atom is 0.249 e. The van der Waals surface area contributed by atoms with Gasteiger partial charge in [0, 0.05) is 31.1 Å². The van der Waals surface area contributed by atoms with Crippen LogP contribution in [0.15, 0.2) is 42.5 Å². The molecular formula is C25H28N4O2. The number of nitrogens with one attached hydrogen (secondary N) is 1. The van der Waals surface area contributed by atoms with E-state index in [-0.39, 0.29) is 12.5 Å². The Morgan fingerprint density at radius 3 is 2.65 bits per heavy atom. The van der Waals surface area contributed by atoms with Gasteiger partial charge in [-0.1, -0.05) is 24.3 Å². The minimum Gasteiger partial charge on any atom is -0.375 e. The topological polar surface area (TPSA) is 67.3 Å². The number of methoxy groups -OCH3 is 1. The summed E-state index contributed by atoms with van der Waals surface area (Å²) in [5.41, 5.74) is 4.35. The van der Waals surface area contributed by atoms with Crippen molar-refractivity contribution in [3.05, 3.63) is 53.9 Å². The second-order valence-electron chi connectivity index (χ2n) is 8.66. The summed E-state index contributed by atoms with van der Waals surface area (Å²) < 4.78 is 5.08. The number of ether oxygens (including phenoxy) is 1. The molecule has 2 aliphatic rings. The van der Waals surface area contributed by atoms with Gasteiger partial charge in [0.1, 0.15) is 18.2 Å². The number of carbonyl (C=O) groups is 1. The Balaban J connectivity index is 1.45. The van der Waals surface area contributed by atoms with Gasteiger partial charge in [0.25, 0.3) is 0 Å². The summed E-state index contributed by atoms with van der Waals surface area (Å²) in [5.74, 6) is 1.77. The summed E-state index contributed by atoms with van der Waals surface area (Å²) in [6.45, 7) is 2.69. The van der Waals surface area contributed by atoms with Gasteiger partial charge in [-0.25, -0.2) is 9.97 Å². The van der Waals surface area contributed by atoms with Crippen molar-refractivity contribution in [2.24, 2.45) is 0 Å². The Morgan fingerprint density at radius 1 is 1.10 bits per heavy atom. The first-order chi connectivity index (χ1) is 15.1. The summed E-state index contributed by atoms with van der Waals surface area (Å²) in [7, 11) is 1.57. The lowest BCUT2D eigenvalue weighted by Gasteiger charge is -2.22. The van der Waals surface area contributed by atoms with E-state index < -0.39 is 0 Å². The number of aryl methyl sites for hydroxylation is 1. The number of nitrogens with zero attached hydrogens (tertiary/aromatic N) is 3. The molecule has 1 heterocycles. The predicted octanol–water partition coefficient (Wildman–Crippen LogP) is 4.32. The molecule has 0 unspecified atom stereocenters. The standard InChI is InChI=1S/C25H28N4O2/c1-16-26-23-11-6-19(13-22(23)25(27-16)28-20-7-8-20)18-5-3-4-17(12-18)14-29(21-9-10-21)24(30)15-31-2/h3-6,11-13,20-21H,7-10,14-15H2,1-2H3,(H,26,27,28). The molecule has 31 heavy (non-hydrogen) atoms. The number of aromatic nitrogens is 2. The van der Waals surface area contributed by atoms with Crippen molar-refractivity contribution >= 4 is 22.6 Å². The molecule has 0 aliphatic heterocycles. The highest BCUT2D eigenvalue weighted by molar-refractivity contribution is 5.93. The zero-order valence-electron chi connectivity index (χ0n) is 18.1. The van der Waals surface area contributed by atoms with Crippen molar-refractivity contribution in [2.45, 2.75) is 51.2 Å². The average Bonchev–Trinajstić information content (AvgIpc) is 3.67. The molecule has 5 rings (SSSR count). The lowest BCUT2D eigenvalue weighted by atomic mass is 10.0.